The zero-order chi connectivity index (χ0) is 9.59. The Balaban J connectivity index is 2.11. The van der Waals surface area contributed by atoms with Crippen LogP contribution in [0.3, 0.4) is 0 Å². The van der Waals surface area contributed by atoms with Crippen LogP contribution < -0.4 is 0 Å². The van der Waals surface area contributed by atoms with Crippen LogP contribution in [0, 0.1) is 5.92 Å². The van der Waals surface area contributed by atoms with Gasteiger partial charge in [-0.3, -0.25) is 0 Å². The summed E-state index contributed by atoms with van der Waals surface area (Å²) in [4.78, 5) is 0. The molecule has 1 aliphatic carbocycles. The lowest BCUT2D eigenvalue weighted by Gasteiger charge is -2.32. The zero-order valence-corrected chi connectivity index (χ0v) is 7.42. The molecule has 2 aliphatic rings. The minimum absolute atomic E-state index is 0.0641. The van der Waals surface area contributed by atoms with Crippen LogP contribution in [0.2, 0.25) is 0 Å². The standard InChI is InChI=1S/C9H13F3O/c1-4-2-5-3-6(10)7(11)8(12)9(5)13-4/h4-9H,2-3H2,1H3/t4-,5-,6+,7+,8+,9-/m1/s1. The minimum Gasteiger partial charge on any atom is -0.372 e. The highest BCUT2D eigenvalue weighted by Crippen LogP contribution is 2.40. The topological polar surface area (TPSA) is 9.23 Å². The molecule has 0 amide bonds. The van der Waals surface area contributed by atoms with Gasteiger partial charge in [0.2, 0.25) is 0 Å². The second kappa shape index (κ2) is 3.15. The van der Waals surface area contributed by atoms with Gasteiger partial charge in [-0.1, -0.05) is 0 Å². The third-order valence-electron chi connectivity index (χ3n) is 2.98. The Morgan fingerprint density at radius 2 is 1.77 bits per heavy atom. The second-order valence-corrected chi connectivity index (χ2v) is 4.05. The number of fused-ring (bicyclic) bond motifs is 1. The van der Waals surface area contributed by atoms with Crippen molar-refractivity contribution in [2.45, 2.75) is 50.5 Å². The summed E-state index contributed by atoms with van der Waals surface area (Å²) in [7, 11) is 0. The third kappa shape index (κ3) is 1.45. The Bertz CT molecular complexity index is 197. The van der Waals surface area contributed by atoms with Crippen molar-refractivity contribution in [1.82, 2.24) is 0 Å². The lowest BCUT2D eigenvalue weighted by atomic mass is 9.82. The van der Waals surface area contributed by atoms with Crippen molar-refractivity contribution < 1.29 is 17.9 Å². The molecule has 0 aromatic rings. The van der Waals surface area contributed by atoms with Crippen molar-refractivity contribution in [3.63, 3.8) is 0 Å². The molecule has 13 heavy (non-hydrogen) atoms. The van der Waals surface area contributed by atoms with Gasteiger partial charge in [0.05, 0.1) is 12.2 Å². The molecule has 4 heteroatoms. The largest absolute Gasteiger partial charge is 0.372 e. The molecule has 0 bridgehead atoms. The van der Waals surface area contributed by atoms with Crippen molar-refractivity contribution in [2.24, 2.45) is 5.92 Å². The first-order valence-electron chi connectivity index (χ1n) is 4.67. The molecule has 1 saturated heterocycles. The van der Waals surface area contributed by atoms with Crippen molar-refractivity contribution in [1.29, 1.82) is 0 Å². The highest BCUT2D eigenvalue weighted by Gasteiger charge is 2.50. The molecule has 0 N–H and O–H groups in total. The van der Waals surface area contributed by atoms with Crippen molar-refractivity contribution in [3.05, 3.63) is 0 Å². The molecule has 2 fully saturated rings. The van der Waals surface area contributed by atoms with Gasteiger partial charge in [0.15, 0.2) is 12.3 Å². The Labute approximate surface area is 75.3 Å². The highest BCUT2D eigenvalue weighted by atomic mass is 19.2. The molecule has 1 nitrogen and oxygen atoms in total. The minimum atomic E-state index is -1.99. The number of rotatable bonds is 0. The fourth-order valence-electron chi connectivity index (χ4n) is 2.36. The fraction of sp³-hybridized carbons (Fsp3) is 1.00. The van der Waals surface area contributed by atoms with E-state index >= 15 is 0 Å². The maximum atomic E-state index is 13.2. The van der Waals surface area contributed by atoms with E-state index in [2.05, 4.69) is 0 Å². The molecule has 6 atom stereocenters. The van der Waals surface area contributed by atoms with E-state index in [1.165, 1.54) is 0 Å². The number of alkyl halides is 3. The summed E-state index contributed by atoms with van der Waals surface area (Å²) in [6.45, 7) is 1.81. The average Bonchev–Trinajstić information content (AvgIpc) is 2.42. The summed E-state index contributed by atoms with van der Waals surface area (Å²) >= 11 is 0. The number of hydrogen-bond donors (Lipinski definition) is 0. The Kier molecular flexibility index (Phi) is 2.26. The quantitative estimate of drug-likeness (QED) is 0.574. The van der Waals surface area contributed by atoms with Crippen molar-refractivity contribution >= 4 is 0 Å². The summed E-state index contributed by atoms with van der Waals surface area (Å²) in [5.74, 6) is -0.132. The van der Waals surface area contributed by atoms with Crippen LogP contribution in [0.1, 0.15) is 19.8 Å². The van der Waals surface area contributed by atoms with E-state index in [4.69, 9.17) is 4.74 Å². The molecule has 0 aromatic heterocycles. The Hall–Kier alpha value is -0.250. The van der Waals surface area contributed by atoms with Crippen LogP contribution in [-0.2, 0) is 4.74 Å². The summed E-state index contributed by atoms with van der Waals surface area (Å²) in [6.07, 6.45) is -5.44. The maximum Gasteiger partial charge on any atom is 0.165 e. The van der Waals surface area contributed by atoms with E-state index in [1.54, 1.807) is 0 Å². The van der Waals surface area contributed by atoms with Crippen LogP contribution in [0.4, 0.5) is 13.2 Å². The molecule has 0 spiro atoms. The van der Waals surface area contributed by atoms with Crippen LogP contribution in [0.5, 0.6) is 0 Å². The summed E-state index contributed by atoms with van der Waals surface area (Å²) < 4.78 is 44.3. The van der Waals surface area contributed by atoms with Gasteiger partial charge < -0.3 is 4.74 Å². The molecule has 1 aliphatic heterocycles. The van der Waals surface area contributed by atoms with Gasteiger partial charge in [0.1, 0.15) is 6.17 Å². The summed E-state index contributed by atoms with van der Waals surface area (Å²) in [5.41, 5.74) is 0. The average molecular weight is 194 g/mol. The molecule has 1 heterocycles. The van der Waals surface area contributed by atoms with Crippen molar-refractivity contribution in [2.75, 3.05) is 0 Å². The molecule has 2 rings (SSSR count). The lowest BCUT2D eigenvalue weighted by Crippen LogP contribution is -2.46. The normalized spacial score (nSPS) is 56.3. The van der Waals surface area contributed by atoms with Gasteiger partial charge in [-0.25, -0.2) is 13.2 Å². The monoisotopic (exact) mass is 194 g/mol. The van der Waals surface area contributed by atoms with E-state index in [9.17, 15) is 13.2 Å². The number of ether oxygens (including phenoxy) is 1. The van der Waals surface area contributed by atoms with Crippen LogP contribution in [-0.4, -0.2) is 30.7 Å². The van der Waals surface area contributed by atoms with Gasteiger partial charge >= 0.3 is 0 Å². The summed E-state index contributed by atoms with van der Waals surface area (Å²) in [6, 6.07) is 0. The molecule has 76 valence electrons. The molecular formula is C9H13F3O. The van der Waals surface area contributed by atoms with Gasteiger partial charge in [0, 0.05) is 0 Å². The predicted octanol–water partition coefficient (Wildman–Crippen LogP) is 2.20. The fourth-order valence-corrected chi connectivity index (χ4v) is 2.36. The summed E-state index contributed by atoms with van der Waals surface area (Å²) in [5, 5.41) is 0. The Morgan fingerprint density at radius 1 is 1.08 bits per heavy atom. The first kappa shape index (κ1) is 9.31. The van der Waals surface area contributed by atoms with E-state index in [0.29, 0.717) is 6.42 Å². The molecule has 0 unspecified atom stereocenters. The van der Waals surface area contributed by atoms with Crippen LogP contribution in [0.25, 0.3) is 0 Å². The SMILES string of the molecule is C[C@@H]1C[C@@H]2C[C@H](F)[C@H](F)[C@H](F)[C@@H]2O1. The van der Waals surface area contributed by atoms with E-state index in [1.807, 2.05) is 6.92 Å². The van der Waals surface area contributed by atoms with E-state index < -0.39 is 24.6 Å². The third-order valence-corrected chi connectivity index (χ3v) is 2.98. The van der Waals surface area contributed by atoms with E-state index in [0.717, 1.165) is 0 Å². The van der Waals surface area contributed by atoms with Crippen LogP contribution >= 0.6 is 0 Å². The smallest absolute Gasteiger partial charge is 0.165 e. The van der Waals surface area contributed by atoms with Gasteiger partial charge in [-0.15, -0.1) is 0 Å². The lowest BCUT2D eigenvalue weighted by molar-refractivity contribution is -0.0808. The maximum absolute atomic E-state index is 13.2. The van der Waals surface area contributed by atoms with Crippen molar-refractivity contribution in [3.8, 4) is 0 Å². The molecule has 0 radical (unpaired) electrons. The molecular weight excluding hydrogens is 181 g/mol. The highest BCUT2D eigenvalue weighted by molar-refractivity contribution is 4.97. The number of halogens is 3. The number of hydrogen-bond acceptors (Lipinski definition) is 1. The first-order valence-corrected chi connectivity index (χ1v) is 4.67. The van der Waals surface area contributed by atoms with Gasteiger partial charge in [0.25, 0.3) is 0 Å². The Morgan fingerprint density at radius 3 is 2.46 bits per heavy atom. The predicted molar refractivity (Wildman–Crippen MR) is 41.7 cm³/mol. The molecule has 0 aromatic carbocycles. The van der Waals surface area contributed by atoms with Gasteiger partial charge in [-0.2, -0.15) is 0 Å². The zero-order valence-electron chi connectivity index (χ0n) is 7.42. The van der Waals surface area contributed by atoms with Crippen LogP contribution in [0.15, 0.2) is 0 Å². The van der Waals surface area contributed by atoms with Gasteiger partial charge in [-0.05, 0) is 25.7 Å². The molecule has 1 saturated carbocycles. The van der Waals surface area contributed by atoms with E-state index in [-0.39, 0.29) is 18.4 Å². The second-order valence-electron chi connectivity index (χ2n) is 4.05. The first-order chi connectivity index (χ1) is 6.09.